The molecule has 0 heterocycles. The molecule has 0 aliphatic carbocycles. The third kappa shape index (κ3) is 4.35. The molecule has 0 radical (unpaired) electrons. The van der Waals surface area contributed by atoms with Crippen molar-refractivity contribution in [2.45, 2.75) is 38.0 Å². The summed E-state index contributed by atoms with van der Waals surface area (Å²) in [5.74, 6) is -1.16. The van der Waals surface area contributed by atoms with Crippen LogP contribution in [-0.2, 0) is 16.4 Å². The number of unbranched alkanes of at least 4 members (excludes halogenated alkanes) is 1. The van der Waals surface area contributed by atoms with Crippen molar-refractivity contribution >= 4 is 21.7 Å². The summed E-state index contributed by atoms with van der Waals surface area (Å²) in [6.45, 7) is 3.97. The van der Waals surface area contributed by atoms with Gasteiger partial charge in [0.2, 0.25) is 0 Å². The van der Waals surface area contributed by atoms with Crippen LogP contribution in [0.25, 0.3) is 0 Å². The van der Waals surface area contributed by atoms with Crippen LogP contribution in [0, 0.1) is 6.92 Å². The Morgan fingerprint density at radius 2 is 1.92 bits per heavy atom. The number of anilines is 1. The predicted molar refractivity (Wildman–Crippen MR) is 94.0 cm³/mol. The second kappa shape index (κ2) is 7.49. The van der Waals surface area contributed by atoms with Crippen molar-refractivity contribution < 1.29 is 18.3 Å². The van der Waals surface area contributed by atoms with E-state index in [1.807, 2.05) is 19.1 Å². The molecule has 24 heavy (non-hydrogen) atoms. The predicted octanol–water partition coefficient (Wildman–Crippen LogP) is 3.84. The maximum Gasteiger partial charge on any atom is 0.335 e. The second-order valence-corrected chi connectivity index (χ2v) is 7.37. The molecule has 0 fully saturated rings. The molecular weight excluding hydrogens is 326 g/mol. The first kappa shape index (κ1) is 18.0. The molecular formula is C18H21NO4S. The van der Waals surface area contributed by atoms with Crippen molar-refractivity contribution in [3.63, 3.8) is 0 Å². The first-order valence-electron chi connectivity index (χ1n) is 7.79. The Hall–Kier alpha value is -2.34. The number of benzene rings is 2. The number of sulfonamides is 1. The highest BCUT2D eigenvalue weighted by atomic mass is 32.2. The summed E-state index contributed by atoms with van der Waals surface area (Å²) in [6.07, 6.45) is 3.16. The van der Waals surface area contributed by atoms with E-state index in [2.05, 4.69) is 11.6 Å². The van der Waals surface area contributed by atoms with Gasteiger partial charge in [0, 0.05) is 0 Å². The lowest BCUT2D eigenvalue weighted by atomic mass is 10.1. The highest BCUT2D eigenvalue weighted by molar-refractivity contribution is 7.92. The van der Waals surface area contributed by atoms with Gasteiger partial charge < -0.3 is 5.11 Å². The molecule has 0 bridgehead atoms. The number of carboxylic acid groups (broad SMARTS) is 1. The van der Waals surface area contributed by atoms with Crippen LogP contribution in [-0.4, -0.2) is 19.5 Å². The zero-order valence-corrected chi connectivity index (χ0v) is 14.6. The Bertz CT molecular complexity index is 844. The average Bonchev–Trinajstić information content (AvgIpc) is 2.55. The lowest BCUT2D eigenvalue weighted by Gasteiger charge is -2.12. The van der Waals surface area contributed by atoms with E-state index in [0.29, 0.717) is 5.69 Å². The first-order chi connectivity index (χ1) is 11.3. The van der Waals surface area contributed by atoms with Gasteiger partial charge in [0.15, 0.2) is 0 Å². The Balaban J connectivity index is 2.26. The van der Waals surface area contributed by atoms with Gasteiger partial charge in [-0.2, -0.15) is 0 Å². The molecule has 0 spiro atoms. The summed E-state index contributed by atoms with van der Waals surface area (Å²) in [6, 6.07) is 10.9. The number of aryl methyl sites for hydroxylation is 2. The van der Waals surface area contributed by atoms with E-state index in [1.165, 1.54) is 23.8 Å². The largest absolute Gasteiger partial charge is 0.478 e. The normalized spacial score (nSPS) is 11.2. The fraction of sp³-hybridized carbons (Fsp3) is 0.278. The van der Waals surface area contributed by atoms with Crippen molar-refractivity contribution in [3.8, 4) is 0 Å². The number of hydrogen-bond acceptors (Lipinski definition) is 3. The molecule has 2 N–H and O–H groups in total. The van der Waals surface area contributed by atoms with Gasteiger partial charge in [-0.25, -0.2) is 13.2 Å². The Labute approximate surface area is 142 Å². The van der Waals surface area contributed by atoms with Crippen LogP contribution in [0.2, 0.25) is 0 Å². The molecule has 2 aromatic rings. The summed E-state index contributed by atoms with van der Waals surface area (Å²) in [5.41, 5.74) is 2.44. The topological polar surface area (TPSA) is 83.5 Å². The van der Waals surface area contributed by atoms with Gasteiger partial charge in [-0.1, -0.05) is 31.5 Å². The van der Waals surface area contributed by atoms with E-state index in [1.54, 1.807) is 6.07 Å². The lowest BCUT2D eigenvalue weighted by molar-refractivity contribution is 0.0696. The average molecular weight is 347 g/mol. The molecule has 0 saturated heterocycles. The van der Waals surface area contributed by atoms with Crippen LogP contribution in [0.1, 0.15) is 41.3 Å². The summed E-state index contributed by atoms with van der Waals surface area (Å²) in [7, 11) is -3.83. The molecule has 0 aliphatic heterocycles. The molecule has 128 valence electrons. The number of rotatable bonds is 7. The zero-order valence-electron chi connectivity index (χ0n) is 13.7. The molecule has 0 aromatic heterocycles. The van der Waals surface area contributed by atoms with Crippen LogP contribution in [0.15, 0.2) is 47.4 Å². The summed E-state index contributed by atoms with van der Waals surface area (Å²) in [5, 5.41) is 8.99. The van der Waals surface area contributed by atoms with Gasteiger partial charge >= 0.3 is 5.97 Å². The number of nitrogens with one attached hydrogen (secondary N) is 1. The molecule has 0 saturated carbocycles. The quantitative estimate of drug-likeness (QED) is 0.797. The van der Waals surface area contributed by atoms with Crippen LogP contribution >= 0.6 is 0 Å². The van der Waals surface area contributed by atoms with Crippen molar-refractivity contribution in [1.82, 2.24) is 0 Å². The molecule has 0 aliphatic rings. The SMILES string of the molecule is CCCCc1ccc(NS(=O)(=O)c2cccc(C(=O)O)c2)c(C)c1. The van der Waals surface area contributed by atoms with Crippen LogP contribution in [0.3, 0.4) is 0 Å². The molecule has 5 nitrogen and oxygen atoms in total. The highest BCUT2D eigenvalue weighted by Crippen LogP contribution is 2.22. The molecule has 0 amide bonds. The van der Waals surface area contributed by atoms with Crippen LogP contribution < -0.4 is 4.72 Å². The first-order valence-corrected chi connectivity index (χ1v) is 9.27. The molecule has 6 heteroatoms. The van der Waals surface area contributed by atoms with E-state index in [-0.39, 0.29) is 10.5 Å². The second-order valence-electron chi connectivity index (χ2n) is 5.69. The third-order valence-corrected chi connectivity index (χ3v) is 5.11. The van der Waals surface area contributed by atoms with E-state index >= 15 is 0 Å². The van der Waals surface area contributed by atoms with Gasteiger partial charge in [0.1, 0.15) is 0 Å². The van der Waals surface area contributed by atoms with Crippen LogP contribution in [0.5, 0.6) is 0 Å². The minimum atomic E-state index is -3.83. The van der Waals surface area contributed by atoms with E-state index < -0.39 is 16.0 Å². The minimum absolute atomic E-state index is 0.0653. The minimum Gasteiger partial charge on any atom is -0.478 e. The van der Waals surface area contributed by atoms with Crippen LogP contribution in [0.4, 0.5) is 5.69 Å². The van der Waals surface area contributed by atoms with E-state index in [9.17, 15) is 13.2 Å². The fourth-order valence-corrected chi connectivity index (χ4v) is 3.55. The van der Waals surface area contributed by atoms with Gasteiger partial charge in [-0.05, 0) is 55.2 Å². The molecule has 0 atom stereocenters. The highest BCUT2D eigenvalue weighted by Gasteiger charge is 2.17. The van der Waals surface area contributed by atoms with Crippen molar-refractivity contribution in [1.29, 1.82) is 0 Å². The number of carboxylic acids is 1. The maximum atomic E-state index is 12.5. The Morgan fingerprint density at radius 3 is 2.54 bits per heavy atom. The van der Waals surface area contributed by atoms with E-state index in [0.717, 1.165) is 30.9 Å². The lowest BCUT2D eigenvalue weighted by Crippen LogP contribution is -2.14. The molecule has 2 rings (SSSR count). The van der Waals surface area contributed by atoms with Crippen molar-refractivity contribution in [2.75, 3.05) is 4.72 Å². The van der Waals surface area contributed by atoms with Crippen molar-refractivity contribution in [3.05, 3.63) is 59.2 Å². The summed E-state index contributed by atoms with van der Waals surface area (Å²) in [4.78, 5) is 10.9. The Morgan fingerprint density at radius 1 is 1.17 bits per heavy atom. The van der Waals surface area contributed by atoms with Gasteiger partial charge in [-0.15, -0.1) is 0 Å². The molecule has 0 unspecified atom stereocenters. The number of hydrogen-bond donors (Lipinski definition) is 2. The Kier molecular flexibility index (Phi) is 5.62. The number of carbonyl (C=O) groups is 1. The summed E-state index contributed by atoms with van der Waals surface area (Å²) >= 11 is 0. The van der Waals surface area contributed by atoms with Gasteiger partial charge in [0.25, 0.3) is 10.0 Å². The smallest absolute Gasteiger partial charge is 0.335 e. The number of aromatic carboxylic acids is 1. The van der Waals surface area contributed by atoms with Crippen molar-refractivity contribution in [2.24, 2.45) is 0 Å². The fourth-order valence-electron chi connectivity index (χ4n) is 2.38. The maximum absolute atomic E-state index is 12.5. The molecule has 2 aromatic carbocycles. The zero-order chi connectivity index (χ0) is 17.7. The van der Waals surface area contributed by atoms with Gasteiger partial charge in [-0.3, -0.25) is 4.72 Å². The third-order valence-electron chi connectivity index (χ3n) is 3.75. The standard InChI is InChI=1S/C18H21NO4S/c1-3-4-6-14-9-10-17(13(2)11-14)19-24(22,23)16-8-5-7-15(12-16)18(20)21/h5,7-12,19H,3-4,6H2,1-2H3,(H,20,21). The van der Waals surface area contributed by atoms with E-state index in [4.69, 9.17) is 5.11 Å². The van der Waals surface area contributed by atoms with Gasteiger partial charge in [0.05, 0.1) is 16.1 Å². The monoisotopic (exact) mass is 347 g/mol. The summed E-state index contributed by atoms with van der Waals surface area (Å²) < 4.78 is 27.5.